The van der Waals surface area contributed by atoms with Gasteiger partial charge in [-0.15, -0.1) is 0 Å². The van der Waals surface area contributed by atoms with Gasteiger partial charge in [0.15, 0.2) is 0 Å². The molecule has 0 aliphatic heterocycles. The Morgan fingerprint density at radius 2 is 1.95 bits per heavy atom. The molecule has 0 heterocycles. The molecule has 1 atom stereocenters. The summed E-state index contributed by atoms with van der Waals surface area (Å²) in [6.45, 7) is 7.94. The predicted molar refractivity (Wildman–Crippen MR) is 83.6 cm³/mol. The topological polar surface area (TPSA) is 55.4 Å². The lowest BCUT2D eigenvalue weighted by Gasteiger charge is -2.20. The van der Waals surface area contributed by atoms with Crippen molar-refractivity contribution in [3.8, 4) is 0 Å². The van der Waals surface area contributed by atoms with Gasteiger partial charge in [-0.25, -0.2) is 4.79 Å². The Bertz CT molecular complexity index is 422. The molecule has 1 rings (SSSR count). The van der Waals surface area contributed by atoms with Gasteiger partial charge in [-0.2, -0.15) is 0 Å². The highest BCUT2D eigenvalue weighted by molar-refractivity contribution is 5.85. The van der Waals surface area contributed by atoms with Gasteiger partial charge < -0.3 is 10.1 Å². The Morgan fingerprint density at radius 1 is 1.24 bits per heavy atom. The third-order valence-corrected chi connectivity index (χ3v) is 3.29. The molecular weight excluding hydrogens is 266 g/mol. The lowest BCUT2D eigenvalue weighted by molar-refractivity contribution is -0.147. The van der Waals surface area contributed by atoms with Crippen molar-refractivity contribution in [2.45, 2.75) is 53.0 Å². The molecule has 1 aliphatic carbocycles. The first kappa shape index (κ1) is 17.5. The smallest absolute Gasteiger partial charge is 0.328 e. The molecule has 1 N–H and O–H groups in total. The molecule has 0 spiro atoms. The molecule has 1 aliphatic rings. The lowest BCUT2D eigenvalue weighted by atomic mass is 10.0. The second kappa shape index (κ2) is 8.65. The first-order chi connectivity index (χ1) is 9.90. The molecule has 0 radical (unpaired) electrons. The summed E-state index contributed by atoms with van der Waals surface area (Å²) in [4.78, 5) is 24.0. The van der Waals surface area contributed by atoms with Gasteiger partial charge in [0.2, 0.25) is 5.91 Å². The molecule has 0 fully saturated rings. The zero-order valence-electron chi connectivity index (χ0n) is 13.5. The number of nitrogens with one attached hydrogen (secondary N) is 1. The maximum atomic E-state index is 12.2. The highest BCUT2D eigenvalue weighted by atomic mass is 16.5. The van der Waals surface area contributed by atoms with E-state index in [9.17, 15) is 9.59 Å². The Morgan fingerprint density at radius 3 is 2.48 bits per heavy atom. The summed E-state index contributed by atoms with van der Waals surface area (Å²) in [5.74, 6) is -0.299. The third kappa shape index (κ3) is 6.61. The summed E-state index contributed by atoms with van der Waals surface area (Å²) in [7, 11) is 0. The number of carbonyl (C=O) groups excluding carboxylic acids is 2. The van der Waals surface area contributed by atoms with Crippen molar-refractivity contribution < 1.29 is 14.3 Å². The third-order valence-electron chi connectivity index (χ3n) is 3.29. The van der Waals surface area contributed by atoms with Crippen LogP contribution in [0.15, 0.2) is 23.8 Å². The maximum Gasteiger partial charge on any atom is 0.328 e. The zero-order chi connectivity index (χ0) is 15.8. The van der Waals surface area contributed by atoms with Crippen molar-refractivity contribution in [2.24, 2.45) is 11.8 Å². The van der Waals surface area contributed by atoms with E-state index in [1.54, 1.807) is 0 Å². The summed E-state index contributed by atoms with van der Waals surface area (Å²) in [6.07, 6.45) is 8.76. The van der Waals surface area contributed by atoms with Crippen molar-refractivity contribution in [3.63, 3.8) is 0 Å². The summed E-state index contributed by atoms with van der Waals surface area (Å²) < 4.78 is 5.35. The number of hydrogen-bond acceptors (Lipinski definition) is 3. The summed E-state index contributed by atoms with van der Waals surface area (Å²) in [6, 6.07) is -0.562. The van der Waals surface area contributed by atoms with Crippen molar-refractivity contribution >= 4 is 11.9 Å². The van der Waals surface area contributed by atoms with E-state index in [-0.39, 0.29) is 24.4 Å². The van der Waals surface area contributed by atoms with E-state index in [4.69, 9.17) is 4.74 Å². The minimum atomic E-state index is -0.562. The van der Waals surface area contributed by atoms with Gasteiger partial charge in [0, 0.05) is 5.92 Å². The van der Waals surface area contributed by atoms with E-state index in [2.05, 4.69) is 17.5 Å². The molecule has 0 aromatic rings. The first-order valence-electron chi connectivity index (χ1n) is 7.72. The molecule has 4 nitrogen and oxygen atoms in total. The average molecular weight is 293 g/mol. The van der Waals surface area contributed by atoms with Gasteiger partial charge in [-0.3, -0.25) is 4.79 Å². The molecule has 0 aromatic carbocycles. The number of allylic oxidation sites excluding steroid dienone is 2. The van der Waals surface area contributed by atoms with Crippen LogP contribution in [0.2, 0.25) is 0 Å². The normalized spacial score (nSPS) is 15.8. The first-order valence-corrected chi connectivity index (χ1v) is 7.72. The zero-order valence-corrected chi connectivity index (χ0v) is 13.5. The standard InChI is InChI=1S/C17H27NO3/c1-12(2)10-15(18-16(19)13(3)4)17(20)21-11-14-8-6-5-7-9-14/h6,8-9,12-13,15H,5,7,10-11H2,1-4H3,(H,18,19). The summed E-state index contributed by atoms with van der Waals surface area (Å²) in [5, 5.41) is 2.78. The minimum absolute atomic E-state index is 0.116. The fraction of sp³-hybridized carbons (Fsp3) is 0.647. The molecule has 1 unspecified atom stereocenters. The van der Waals surface area contributed by atoms with E-state index < -0.39 is 6.04 Å². The van der Waals surface area contributed by atoms with Crippen LogP contribution in [-0.4, -0.2) is 24.5 Å². The maximum absolute atomic E-state index is 12.2. The van der Waals surface area contributed by atoms with E-state index >= 15 is 0 Å². The van der Waals surface area contributed by atoms with Gasteiger partial charge >= 0.3 is 5.97 Å². The molecular formula is C17H27NO3. The van der Waals surface area contributed by atoms with Gasteiger partial charge in [0.05, 0.1) is 0 Å². The fourth-order valence-corrected chi connectivity index (χ4v) is 2.05. The van der Waals surface area contributed by atoms with Crippen LogP contribution < -0.4 is 5.32 Å². The van der Waals surface area contributed by atoms with Crippen LogP contribution in [0, 0.1) is 11.8 Å². The van der Waals surface area contributed by atoms with E-state index in [0.717, 1.165) is 18.4 Å². The lowest BCUT2D eigenvalue weighted by Crippen LogP contribution is -2.44. The molecule has 1 amide bonds. The quantitative estimate of drug-likeness (QED) is 0.734. The van der Waals surface area contributed by atoms with Crippen molar-refractivity contribution in [1.82, 2.24) is 5.32 Å². The number of esters is 1. The van der Waals surface area contributed by atoms with E-state index in [1.165, 1.54) is 0 Å². The predicted octanol–water partition coefficient (Wildman–Crippen LogP) is 2.99. The monoisotopic (exact) mass is 293 g/mol. The second-order valence-corrected chi connectivity index (χ2v) is 6.21. The molecule has 4 heteroatoms. The molecule has 0 saturated carbocycles. The number of hydrogen-bond donors (Lipinski definition) is 1. The molecule has 118 valence electrons. The van der Waals surface area contributed by atoms with E-state index in [1.807, 2.05) is 33.8 Å². The highest BCUT2D eigenvalue weighted by Crippen LogP contribution is 2.12. The molecule has 0 aromatic heterocycles. The van der Waals surface area contributed by atoms with Crippen LogP contribution in [0.5, 0.6) is 0 Å². The Kier molecular flexibility index (Phi) is 7.20. The van der Waals surface area contributed by atoms with Gasteiger partial charge in [0.1, 0.15) is 12.6 Å². The molecule has 21 heavy (non-hydrogen) atoms. The Balaban J connectivity index is 2.55. The van der Waals surface area contributed by atoms with Crippen LogP contribution >= 0.6 is 0 Å². The van der Waals surface area contributed by atoms with Crippen molar-refractivity contribution in [2.75, 3.05) is 6.61 Å². The number of amides is 1. The number of carbonyl (C=O) groups is 2. The molecule has 0 bridgehead atoms. The SMILES string of the molecule is CC(C)CC(NC(=O)C(C)C)C(=O)OCC1=CCCC=C1. The second-order valence-electron chi connectivity index (χ2n) is 6.21. The number of rotatable bonds is 7. The van der Waals surface area contributed by atoms with Crippen LogP contribution in [0.1, 0.15) is 47.0 Å². The van der Waals surface area contributed by atoms with Gasteiger partial charge in [-0.1, -0.05) is 45.9 Å². The summed E-state index contributed by atoms with van der Waals surface area (Å²) >= 11 is 0. The van der Waals surface area contributed by atoms with Crippen molar-refractivity contribution in [1.29, 1.82) is 0 Å². The van der Waals surface area contributed by atoms with E-state index in [0.29, 0.717) is 12.3 Å². The van der Waals surface area contributed by atoms with Gasteiger partial charge in [-0.05, 0) is 30.8 Å². The fourth-order valence-electron chi connectivity index (χ4n) is 2.05. The molecule has 0 saturated heterocycles. The van der Waals surface area contributed by atoms with Crippen LogP contribution in [-0.2, 0) is 14.3 Å². The van der Waals surface area contributed by atoms with Crippen LogP contribution in [0.4, 0.5) is 0 Å². The largest absolute Gasteiger partial charge is 0.459 e. The Labute approximate surface area is 127 Å². The van der Waals surface area contributed by atoms with Crippen molar-refractivity contribution in [3.05, 3.63) is 23.8 Å². The highest BCUT2D eigenvalue weighted by Gasteiger charge is 2.24. The Hall–Kier alpha value is -1.58. The number of ether oxygens (including phenoxy) is 1. The minimum Gasteiger partial charge on any atom is -0.459 e. The van der Waals surface area contributed by atoms with Crippen LogP contribution in [0.3, 0.4) is 0 Å². The van der Waals surface area contributed by atoms with Gasteiger partial charge in [0.25, 0.3) is 0 Å². The average Bonchev–Trinajstić information content (AvgIpc) is 2.44. The summed E-state index contributed by atoms with van der Waals surface area (Å²) in [5.41, 5.74) is 1.02. The van der Waals surface area contributed by atoms with Crippen LogP contribution in [0.25, 0.3) is 0 Å².